The van der Waals surface area contributed by atoms with Crippen LogP contribution < -0.4 is 4.74 Å². The number of rotatable bonds is 12. The number of nitrogens with zero attached hydrogens (tertiary/aromatic N) is 1. The van der Waals surface area contributed by atoms with E-state index in [-0.39, 0.29) is 16.8 Å². The summed E-state index contributed by atoms with van der Waals surface area (Å²) in [4.78, 5) is 13.7. The number of hydrogen-bond acceptors (Lipinski definition) is 3. The maximum atomic E-state index is 13.7. The topological polar surface area (TPSA) is 40.5 Å². The molecule has 0 aliphatic rings. The Labute approximate surface area is 262 Å². The van der Waals surface area contributed by atoms with Crippen LogP contribution in [0.2, 0.25) is 0 Å². The molecule has 0 spiro atoms. The molecule has 0 radical (unpaired) electrons. The van der Waals surface area contributed by atoms with E-state index in [0.29, 0.717) is 12.3 Å². The lowest BCUT2D eigenvalue weighted by atomic mass is 9.61. The molecule has 1 unspecified atom stereocenters. The molecule has 3 rings (SSSR count). The van der Waals surface area contributed by atoms with E-state index in [1.54, 1.807) is 0 Å². The molecule has 0 aliphatic carbocycles. The molecule has 1 aromatic heterocycles. The number of carbonyl (C=O) groups is 1. The van der Waals surface area contributed by atoms with Gasteiger partial charge >= 0.3 is 5.97 Å². The fourth-order valence-corrected chi connectivity index (χ4v) is 6.53. The summed E-state index contributed by atoms with van der Waals surface area (Å²) in [6, 6.07) is 19.4. The van der Waals surface area contributed by atoms with Gasteiger partial charge < -0.3 is 14.0 Å². The highest BCUT2D eigenvalue weighted by Gasteiger charge is 2.49. The van der Waals surface area contributed by atoms with Gasteiger partial charge in [0.1, 0.15) is 17.0 Å². The van der Waals surface area contributed by atoms with Gasteiger partial charge in [0.15, 0.2) is 0 Å². The van der Waals surface area contributed by atoms with Crippen LogP contribution in [-0.2, 0) is 16.1 Å². The number of ether oxygens (including phenoxy) is 2. The van der Waals surface area contributed by atoms with Gasteiger partial charge in [-0.2, -0.15) is 0 Å². The summed E-state index contributed by atoms with van der Waals surface area (Å²) >= 11 is 0. The van der Waals surface area contributed by atoms with Gasteiger partial charge in [-0.15, -0.1) is 0 Å². The molecule has 2 aromatic carbocycles. The smallest absolute Gasteiger partial charge is 0.312 e. The molecule has 0 amide bonds. The second kappa shape index (κ2) is 12.7. The van der Waals surface area contributed by atoms with E-state index in [2.05, 4.69) is 135 Å². The van der Waals surface area contributed by atoms with Gasteiger partial charge in [0.05, 0.1) is 5.41 Å². The highest BCUT2D eigenvalue weighted by molar-refractivity contribution is 5.87. The lowest BCUT2D eigenvalue weighted by Gasteiger charge is -2.45. The maximum Gasteiger partial charge on any atom is 0.312 e. The minimum atomic E-state index is -0.693. The molecule has 4 heteroatoms. The predicted molar refractivity (Wildman–Crippen MR) is 183 cm³/mol. The van der Waals surface area contributed by atoms with Crippen LogP contribution in [-0.4, -0.2) is 21.7 Å². The van der Waals surface area contributed by atoms with E-state index in [9.17, 15) is 4.79 Å². The third kappa shape index (κ3) is 9.13. The van der Waals surface area contributed by atoms with Crippen molar-refractivity contribution in [2.24, 2.45) is 22.2 Å². The molecule has 1 heterocycles. The van der Waals surface area contributed by atoms with Crippen molar-refractivity contribution in [3.05, 3.63) is 54.6 Å². The Morgan fingerprint density at radius 2 is 1.40 bits per heavy atom. The summed E-state index contributed by atoms with van der Waals surface area (Å²) in [5.41, 5.74) is 1.62. The zero-order valence-electron chi connectivity index (χ0n) is 29.5. The van der Waals surface area contributed by atoms with E-state index in [4.69, 9.17) is 9.47 Å². The van der Waals surface area contributed by atoms with Crippen molar-refractivity contribution < 1.29 is 14.3 Å². The number of esters is 1. The Bertz CT molecular complexity index is 1360. The first-order valence-electron chi connectivity index (χ1n) is 16.2. The largest absolute Gasteiger partial charge is 0.488 e. The van der Waals surface area contributed by atoms with Gasteiger partial charge in [-0.05, 0) is 113 Å². The average Bonchev–Trinajstić information content (AvgIpc) is 3.19. The standard InChI is InChI=1S/C39H59NO3/c1-28(2)17-16-24-40-32-19-15-14-18-30(32)25-33(40)29-20-22-31(23-21-29)42-37(9,10)27-38(11,12)43-34(41)39(13,36(6,7)8)26-35(3,4)5/h14-15,18-23,25,28H,16-17,24,26-27H2,1-13H3. The molecule has 43 heavy (non-hydrogen) atoms. The lowest BCUT2D eigenvalue weighted by Crippen LogP contribution is -2.48. The molecule has 3 aromatic rings. The van der Waals surface area contributed by atoms with Gasteiger partial charge in [-0.3, -0.25) is 4.79 Å². The van der Waals surface area contributed by atoms with Crippen molar-refractivity contribution in [2.45, 2.75) is 133 Å². The Hall–Kier alpha value is -2.75. The van der Waals surface area contributed by atoms with Crippen molar-refractivity contribution in [3.63, 3.8) is 0 Å². The maximum absolute atomic E-state index is 13.7. The third-order valence-electron chi connectivity index (χ3n) is 8.73. The quantitative estimate of drug-likeness (QED) is 0.197. The van der Waals surface area contributed by atoms with E-state index in [1.807, 2.05) is 13.8 Å². The molecule has 0 saturated heterocycles. The monoisotopic (exact) mass is 589 g/mol. The van der Waals surface area contributed by atoms with Crippen molar-refractivity contribution in [1.29, 1.82) is 0 Å². The molecule has 0 fully saturated rings. The van der Waals surface area contributed by atoms with Gasteiger partial charge in [0.25, 0.3) is 0 Å². The van der Waals surface area contributed by atoms with Crippen LogP contribution in [0.4, 0.5) is 0 Å². The molecule has 0 saturated carbocycles. The van der Waals surface area contributed by atoms with E-state index >= 15 is 0 Å². The van der Waals surface area contributed by atoms with Crippen molar-refractivity contribution in [2.75, 3.05) is 0 Å². The zero-order chi connectivity index (χ0) is 32.4. The first kappa shape index (κ1) is 34.7. The molecule has 0 aliphatic heterocycles. The molecule has 4 nitrogen and oxygen atoms in total. The average molecular weight is 590 g/mol. The number of aryl methyl sites for hydroxylation is 1. The van der Waals surface area contributed by atoms with Crippen LogP contribution in [0.15, 0.2) is 54.6 Å². The van der Waals surface area contributed by atoms with Gasteiger partial charge in [0, 0.05) is 29.6 Å². The summed E-state index contributed by atoms with van der Waals surface area (Å²) < 4.78 is 15.3. The van der Waals surface area contributed by atoms with Crippen LogP contribution >= 0.6 is 0 Å². The zero-order valence-corrected chi connectivity index (χ0v) is 29.5. The summed E-state index contributed by atoms with van der Waals surface area (Å²) in [5.74, 6) is 1.37. The van der Waals surface area contributed by atoms with Crippen LogP contribution in [0.25, 0.3) is 22.2 Å². The number of hydrogen-bond donors (Lipinski definition) is 0. The van der Waals surface area contributed by atoms with Gasteiger partial charge in [-0.1, -0.05) is 73.6 Å². The Morgan fingerprint density at radius 1 is 0.791 bits per heavy atom. The van der Waals surface area contributed by atoms with Crippen LogP contribution in [0.1, 0.15) is 116 Å². The lowest BCUT2D eigenvalue weighted by molar-refractivity contribution is -0.181. The van der Waals surface area contributed by atoms with Crippen LogP contribution in [0, 0.1) is 22.2 Å². The molecule has 0 N–H and O–H groups in total. The minimum absolute atomic E-state index is 0.00217. The first-order valence-corrected chi connectivity index (χ1v) is 16.2. The minimum Gasteiger partial charge on any atom is -0.488 e. The highest BCUT2D eigenvalue weighted by Crippen LogP contribution is 2.48. The first-order chi connectivity index (χ1) is 19.6. The van der Waals surface area contributed by atoms with Crippen LogP contribution in [0.5, 0.6) is 5.75 Å². The van der Waals surface area contributed by atoms with Crippen molar-refractivity contribution >= 4 is 16.9 Å². The molecule has 0 bridgehead atoms. The Morgan fingerprint density at radius 3 is 1.95 bits per heavy atom. The third-order valence-corrected chi connectivity index (χ3v) is 8.73. The highest BCUT2D eigenvalue weighted by atomic mass is 16.6. The summed E-state index contributed by atoms with van der Waals surface area (Å²) in [5, 5.41) is 1.27. The van der Waals surface area contributed by atoms with Crippen LogP contribution in [0.3, 0.4) is 0 Å². The normalized spacial score (nSPS) is 14.7. The second-order valence-electron chi connectivity index (χ2n) is 16.8. The summed E-state index contributed by atoms with van der Waals surface area (Å²) in [6.45, 7) is 28.7. The van der Waals surface area contributed by atoms with E-state index in [1.165, 1.54) is 28.6 Å². The fourth-order valence-electron chi connectivity index (χ4n) is 6.53. The van der Waals surface area contributed by atoms with Crippen molar-refractivity contribution in [1.82, 2.24) is 4.57 Å². The number of aromatic nitrogens is 1. The summed E-state index contributed by atoms with van der Waals surface area (Å²) in [7, 11) is 0. The number of benzene rings is 2. The number of para-hydroxylation sites is 1. The molecular formula is C39H59NO3. The van der Waals surface area contributed by atoms with Gasteiger partial charge in [0.2, 0.25) is 0 Å². The van der Waals surface area contributed by atoms with E-state index in [0.717, 1.165) is 25.1 Å². The summed E-state index contributed by atoms with van der Waals surface area (Å²) in [6.07, 6.45) is 3.68. The van der Waals surface area contributed by atoms with E-state index < -0.39 is 16.6 Å². The Balaban J connectivity index is 1.76. The predicted octanol–water partition coefficient (Wildman–Crippen LogP) is 11.1. The van der Waals surface area contributed by atoms with Crippen molar-refractivity contribution in [3.8, 4) is 17.0 Å². The number of fused-ring (bicyclic) bond motifs is 1. The SMILES string of the molecule is CC(C)CCCn1c(-c2ccc(OC(C)(C)CC(C)(C)OC(=O)C(C)(CC(C)(C)C)C(C)(C)C)cc2)cc2ccccc21. The molecule has 238 valence electrons. The van der Waals surface area contributed by atoms with Gasteiger partial charge in [-0.25, -0.2) is 0 Å². The second-order valence-corrected chi connectivity index (χ2v) is 16.8. The Kier molecular flexibility index (Phi) is 10.3. The number of carbonyl (C=O) groups excluding carboxylic acids is 1. The fraction of sp³-hybridized carbons (Fsp3) is 0.615. The molecule has 1 atom stereocenters. The molecular weight excluding hydrogens is 530 g/mol.